The molecule has 0 aromatic carbocycles. The van der Waals surface area contributed by atoms with Crippen LogP contribution in [0, 0.1) is 11.8 Å². The molecule has 23 heavy (non-hydrogen) atoms. The average Bonchev–Trinajstić information content (AvgIpc) is 3.11. The third-order valence-corrected chi connectivity index (χ3v) is 5.35. The molecule has 0 spiro atoms. The van der Waals surface area contributed by atoms with Crippen LogP contribution in [0.3, 0.4) is 0 Å². The van der Waals surface area contributed by atoms with Crippen molar-refractivity contribution in [1.82, 2.24) is 15.1 Å². The van der Waals surface area contributed by atoms with Crippen LogP contribution in [0.1, 0.15) is 25.7 Å². The van der Waals surface area contributed by atoms with Gasteiger partial charge in [-0.25, -0.2) is 0 Å². The van der Waals surface area contributed by atoms with Gasteiger partial charge in [-0.3, -0.25) is 9.89 Å². The van der Waals surface area contributed by atoms with Crippen molar-refractivity contribution in [1.29, 1.82) is 0 Å². The highest BCUT2D eigenvalue weighted by atomic mass is 16.5. The molecule has 0 aromatic rings. The van der Waals surface area contributed by atoms with Crippen molar-refractivity contribution in [2.75, 3.05) is 59.5 Å². The van der Waals surface area contributed by atoms with Gasteiger partial charge in [-0.1, -0.05) is 12.2 Å². The molecule has 130 valence electrons. The van der Waals surface area contributed by atoms with E-state index < -0.39 is 0 Å². The molecule has 3 rings (SSSR count). The van der Waals surface area contributed by atoms with E-state index in [1.165, 1.54) is 32.2 Å². The lowest BCUT2D eigenvalue weighted by atomic mass is 9.94. The first kappa shape index (κ1) is 16.8. The van der Waals surface area contributed by atoms with E-state index in [-0.39, 0.29) is 0 Å². The highest BCUT2D eigenvalue weighted by Gasteiger charge is 2.24. The van der Waals surface area contributed by atoms with E-state index in [0.717, 1.165) is 63.7 Å². The lowest BCUT2D eigenvalue weighted by molar-refractivity contribution is 0.139. The van der Waals surface area contributed by atoms with Crippen LogP contribution in [-0.4, -0.2) is 75.3 Å². The van der Waals surface area contributed by atoms with Gasteiger partial charge in [0, 0.05) is 52.9 Å². The first-order valence-corrected chi connectivity index (χ1v) is 9.26. The predicted molar refractivity (Wildman–Crippen MR) is 94.8 cm³/mol. The Kier molecular flexibility index (Phi) is 6.34. The molecule has 3 aliphatic rings. The van der Waals surface area contributed by atoms with Gasteiger partial charge in [0.25, 0.3) is 0 Å². The minimum atomic E-state index is 0.748. The summed E-state index contributed by atoms with van der Waals surface area (Å²) in [5, 5.41) is 3.60. The lowest BCUT2D eigenvalue weighted by Gasteiger charge is -2.37. The van der Waals surface area contributed by atoms with Crippen molar-refractivity contribution in [3.63, 3.8) is 0 Å². The van der Waals surface area contributed by atoms with Crippen molar-refractivity contribution >= 4 is 5.96 Å². The maximum Gasteiger partial charge on any atom is 0.193 e. The largest absolute Gasteiger partial charge is 0.381 e. The smallest absolute Gasteiger partial charge is 0.193 e. The number of allylic oxidation sites excluding steroid dienone is 2. The van der Waals surface area contributed by atoms with Crippen molar-refractivity contribution in [3.05, 3.63) is 12.2 Å². The van der Waals surface area contributed by atoms with E-state index >= 15 is 0 Å². The second-order valence-electron chi connectivity index (χ2n) is 7.10. The Balaban J connectivity index is 1.39. The van der Waals surface area contributed by atoms with E-state index in [9.17, 15) is 0 Å². The van der Waals surface area contributed by atoms with E-state index in [0.29, 0.717) is 0 Å². The maximum atomic E-state index is 5.49. The van der Waals surface area contributed by atoms with E-state index in [1.807, 2.05) is 7.05 Å². The predicted octanol–water partition coefficient (Wildman–Crippen LogP) is 1.57. The molecule has 2 unspecified atom stereocenters. The second kappa shape index (κ2) is 8.69. The number of guanidine groups is 1. The molecule has 5 heteroatoms. The Morgan fingerprint density at radius 1 is 1.17 bits per heavy atom. The molecule has 1 N–H and O–H groups in total. The molecule has 2 heterocycles. The van der Waals surface area contributed by atoms with E-state index in [2.05, 4.69) is 32.3 Å². The van der Waals surface area contributed by atoms with Crippen LogP contribution in [0.15, 0.2) is 17.1 Å². The third kappa shape index (κ3) is 4.95. The van der Waals surface area contributed by atoms with Gasteiger partial charge >= 0.3 is 0 Å². The molecular formula is C18H32N4O. The van der Waals surface area contributed by atoms with Gasteiger partial charge in [-0.15, -0.1) is 0 Å². The van der Waals surface area contributed by atoms with Crippen LogP contribution >= 0.6 is 0 Å². The third-order valence-electron chi connectivity index (χ3n) is 5.35. The standard InChI is InChI=1S/C18H32N4O/c1-19-18(20-13-16-5-3-2-4-6-16)22-10-8-21(9-11-22)14-17-7-12-23-15-17/h2-3,16-17H,4-15H2,1H3,(H,19,20). The summed E-state index contributed by atoms with van der Waals surface area (Å²) in [7, 11) is 1.91. The van der Waals surface area contributed by atoms with Gasteiger partial charge in [0.05, 0.1) is 6.61 Å². The molecule has 2 aliphatic heterocycles. The zero-order chi connectivity index (χ0) is 15.9. The first-order chi connectivity index (χ1) is 11.3. The quantitative estimate of drug-likeness (QED) is 0.485. The van der Waals surface area contributed by atoms with Crippen LogP contribution in [0.25, 0.3) is 0 Å². The number of aliphatic imine (C=N–C) groups is 1. The molecule has 0 aromatic heterocycles. The second-order valence-corrected chi connectivity index (χ2v) is 7.10. The van der Waals surface area contributed by atoms with Crippen LogP contribution in [0.2, 0.25) is 0 Å². The molecule has 0 amide bonds. The SMILES string of the molecule is CN=C(NCC1CC=CCC1)N1CCN(CC2CCOC2)CC1. The fourth-order valence-corrected chi connectivity index (χ4v) is 3.84. The van der Waals surface area contributed by atoms with E-state index in [1.54, 1.807) is 0 Å². The molecule has 2 atom stereocenters. The van der Waals surface area contributed by atoms with Crippen LogP contribution < -0.4 is 5.32 Å². The van der Waals surface area contributed by atoms with E-state index in [4.69, 9.17) is 4.74 Å². The fourth-order valence-electron chi connectivity index (χ4n) is 3.84. The summed E-state index contributed by atoms with van der Waals surface area (Å²) in [6.07, 6.45) is 9.61. The fraction of sp³-hybridized carbons (Fsp3) is 0.833. The Bertz CT molecular complexity index is 409. The molecule has 2 fully saturated rings. The molecule has 0 saturated carbocycles. The number of ether oxygens (including phenoxy) is 1. The average molecular weight is 320 g/mol. The molecule has 2 saturated heterocycles. The molecule has 0 bridgehead atoms. The first-order valence-electron chi connectivity index (χ1n) is 9.26. The summed E-state index contributed by atoms with van der Waals surface area (Å²) in [5.41, 5.74) is 0. The van der Waals surface area contributed by atoms with Crippen LogP contribution in [0.4, 0.5) is 0 Å². The summed E-state index contributed by atoms with van der Waals surface area (Å²) in [4.78, 5) is 9.51. The van der Waals surface area contributed by atoms with Gasteiger partial charge in [0.15, 0.2) is 5.96 Å². The normalized spacial score (nSPS) is 30.0. The zero-order valence-electron chi connectivity index (χ0n) is 14.5. The maximum absolute atomic E-state index is 5.49. The summed E-state index contributed by atoms with van der Waals surface area (Å²) in [5.74, 6) is 2.60. The highest BCUT2D eigenvalue weighted by Crippen LogP contribution is 2.17. The molecule has 1 aliphatic carbocycles. The number of piperazine rings is 1. The number of hydrogen-bond donors (Lipinski definition) is 1. The number of nitrogens with zero attached hydrogens (tertiary/aromatic N) is 3. The van der Waals surface area contributed by atoms with Gasteiger partial charge in [0.2, 0.25) is 0 Å². The van der Waals surface area contributed by atoms with Crippen molar-refractivity contribution in [3.8, 4) is 0 Å². The minimum absolute atomic E-state index is 0.748. The Morgan fingerprint density at radius 3 is 2.70 bits per heavy atom. The topological polar surface area (TPSA) is 40.1 Å². The summed E-state index contributed by atoms with van der Waals surface area (Å²) in [6.45, 7) is 8.62. The Labute approximate surface area is 140 Å². The molecular weight excluding hydrogens is 288 g/mol. The van der Waals surface area contributed by atoms with Gasteiger partial charge < -0.3 is 15.0 Å². The summed E-state index contributed by atoms with van der Waals surface area (Å²) < 4.78 is 5.49. The number of nitrogens with one attached hydrogen (secondary N) is 1. The van der Waals surface area contributed by atoms with Gasteiger partial charge in [-0.2, -0.15) is 0 Å². The summed E-state index contributed by atoms with van der Waals surface area (Å²) in [6, 6.07) is 0. The van der Waals surface area contributed by atoms with Crippen molar-refractivity contribution in [2.45, 2.75) is 25.7 Å². The molecule has 5 nitrogen and oxygen atoms in total. The van der Waals surface area contributed by atoms with Crippen LogP contribution in [0.5, 0.6) is 0 Å². The Hall–Kier alpha value is -1.07. The van der Waals surface area contributed by atoms with Gasteiger partial charge in [-0.05, 0) is 37.5 Å². The monoisotopic (exact) mass is 320 g/mol. The number of rotatable bonds is 4. The number of hydrogen-bond acceptors (Lipinski definition) is 3. The van der Waals surface area contributed by atoms with Crippen molar-refractivity contribution < 1.29 is 4.74 Å². The highest BCUT2D eigenvalue weighted by molar-refractivity contribution is 5.80. The van der Waals surface area contributed by atoms with Gasteiger partial charge in [0.1, 0.15) is 0 Å². The molecule has 0 radical (unpaired) electrons. The van der Waals surface area contributed by atoms with Crippen molar-refractivity contribution in [2.24, 2.45) is 16.8 Å². The Morgan fingerprint density at radius 2 is 2.04 bits per heavy atom. The summed E-state index contributed by atoms with van der Waals surface area (Å²) >= 11 is 0. The van der Waals surface area contributed by atoms with Crippen LogP contribution in [-0.2, 0) is 4.74 Å². The lowest BCUT2D eigenvalue weighted by Crippen LogP contribution is -2.53. The zero-order valence-corrected chi connectivity index (χ0v) is 14.5. The minimum Gasteiger partial charge on any atom is -0.381 e.